The van der Waals surface area contributed by atoms with Gasteiger partial charge in [0.05, 0.1) is 6.10 Å². The van der Waals surface area contributed by atoms with Crippen LogP contribution >= 0.6 is 0 Å². The maximum absolute atomic E-state index is 11.3. The van der Waals surface area contributed by atoms with Crippen LogP contribution in [0.3, 0.4) is 0 Å². The van der Waals surface area contributed by atoms with E-state index in [9.17, 15) is 20.1 Å². The third-order valence-corrected chi connectivity index (χ3v) is 1.92. The standard InChI is InChI=1S/C11H14O5/c1-5(2)16-11-9(6(3)12)7(13)4-8(14)10(11)15/h4-5,13-15H,1-3H3. The van der Waals surface area contributed by atoms with Gasteiger partial charge in [0, 0.05) is 6.07 Å². The predicted octanol–water partition coefficient (Wildman–Crippen LogP) is 1.79. The van der Waals surface area contributed by atoms with E-state index < -0.39 is 23.0 Å². The van der Waals surface area contributed by atoms with E-state index in [2.05, 4.69) is 0 Å². The van der Waals surface area contributed by atoms with E-state index in [0.29, 0.717) is 0 Å². The number of rotatable bonds is 3. The van der Waals surface area contributed by atoms with Crippen LogP contribution in [-0.2, 0) is 0 Å². The molecule has 1 aromatic carbocycles. The van der Waals surface area contributed by atoms with Crippen LogP contribution in [0.5, 0.6) is 23.0 Å². The Morgan fingerprint density at radius 3 is 2.25 bits per heavy atom. The highest BCUT2D eigenvalue weighted by Crippen LogP contribution is 2.43. The summed E-state index contributed by atoms with van der Waals surface area (Å²) in [5, 5.41) is 28.4. The zero-order valence-electron chi connectivity index (χ0n) is 9.31. The second-order valence-electron chi connectivity index (χ2n) is 3.69. The summed E-state index contributed by atoms with van der Waals surface area (Å²) in [6, 6.07) is 0.902. The fraction of sp³-hybridized carbons (Fsp3) is 0.364. The van der Waals surface area contributed by atoms with Crippen molar-refractivity contribution in [2.24, 2.45) is 0 Å². The van der Waals surface area contributed by atoms with Gasteiger partial charge < -0.3 is 20.1 Å². The number of phenols is 3. The van der Waals surface area contributed by atoms with E-state index in [1.165, 1.54) is 6.92 Å². The Kier molecular flexibility index (Phi) is 3.27. The summed E-state index contributed by atoms with van der Waals surface area (Å²) in [6.45, 7) is 4.63. The van der Waals surface area contributed by atoms with Gasteiger partial charge in [0.15, 0.2) is 17.3 Å². The smallest absolute Gasteiger partial charge is 0.201 e. The average molecular weight is 226 g/mol. The maximum atomic E-state index is 11.3. The molecule has 5 heteroatoms. The Labute approximate surface area is 92.9 Å². The van der Waals surface area contributed by atoms with Gasteiger partial charge in [-0.3, -0.25) is 4.79 Å². The van der Waals surface area contributed by atoms with Crippen LogP contribution in [0.2, 0.25) is 0 Å². The number of benzene rings is 1. The second kappa shape index (κ2) is 4.30. The topological polar surface area (TPSA) is 87.0 Å². The van der Waals surface area contributed by atoms with Crippen LogP contribution < -0.4 is 4.74 Å². The van der Waals surface area contributed by atoms with E-state index >= 15 is 0 Å². The maximum Gasteiger partial charge on any atom is 0.201 e. The third kappa shape index (κ3) is 2.18. The normalized spacial score (nSPS) is 10.5. The van der Waals surface area contributed by atoms with E-state index in [0.717, 1.165) is 6.07 Å². The van der Waals surface area contributed by atoms with Crippen LogP contribution in [0.1, 0.15) is 31.1 Å². The summed E-state index contributed by atoms with van der Waals surface area (Å²) < 4.78 is 5.21. The SMILES string of the molecule is CC(=O)c1c(O)cc(O)c(O)c1OC(C)C. The number of hydrogen-bond acceptors (Lipinski definition) is 5. The highest BCUT2D eigenvalue weighted by molar-refractivity contribution is 6.00. The predicted molar refractivity (Wildman–Crippen MR) is 57.2 cm³/mol. The van der Waals surface area contributed by atoms with Crippen molar-refractivity contribution in [1.29, 1.82) is 0 Å². The Hall–Kier alpha value is -1.91. The van der Waals surface area contributed by atoms with Gasteiger partial charge in [-0.1, -0.05) is 0 Å². The summed E-state index contributed by atoms with van der Waals surface area (Å²) in [7, 11) is 0. The number of aromatic hydroxyl groups is 3. The first-order valence-corrected chi connectivity index (χ1v) is 4.80. The summed E-state index contributed by atoms with van der Waals surface area (Å²) in [5.41, 5.74) is -0.135. The molecule has 0 heterocycles. The molecule has 0 radical (unpaired) electrons. The lowest BCUT2D eigenvalue weighted by atomic mass is 10.1. The summed E-state index contributed by atoms with van der Waals surface area (Å²) in [6.07, 6.45) is -0.301. The molecule has 16 heavy (non-hydrogen) atoms. The number of carbonyl (C=O) groups is 1. The first kappa shape index (κ1) is 12.2. The Balaban J connectivity index is 3.45. The Morgan fingerprint density at radius 1 is 1.25 bits per heavy atom. The van der Waals surface area contributed by atoms with E-state index in [4.69, 9.17) is 4.74 Å². The minimum Gasteiger partial charge on any atom is -0.507 e. The number of phenolic OH excluding ortho intramolecular Hbond substituents is 3. The third-order valence-electron chi connectivity index (χ3n) is 1.92. The fourth-order valence-electron chi connectivity index (χ4n) is 1.31. The lowest BCUT2D eigenvalue weighted by molar-refractivity contribution is 0.100. The van der Waals surface area contributed by atoms with Crippen molar-refractivity contribution in [3.63, 3.8) is 0 Å². The molecule has 5 nitrogen and oxygen atoms in total. The zero-order chi connectivity index (χ0) is 12.5. The summed E-state index contributed by atoms with van der Waals surface area (Å²) in [5.74, 6) is -2.14. The molecule has 0 aliphatic heterocycles. The molecule has 1 rings (SSSR count). The van der Waals surface area contributed by atoms with Crippen molar-refractivity contribution in [2.75, 3.05) is 0 Å². The molecule has 0 fully saturated rings. The highest BCUT2D eigenvalue weighted by atomic mass is 16.5. The van der Waals surface area contributed by atoms with Crippen molar-refractivity contribution in [3.05, 3.63) is 11.6 Å². The molecule has 88 valence electrons. The average Bonchev–Trinajstić information content (AvgIpc) is 2.12. The van der Waals surface area contributed by atoms with Crippen molar-refractivity contribution in [1.82, 2.24) is 0 Å². The Bertz CT molecular complexity index is 423. The highest BCUT2D eigenvalue weighted by Gasteiger charge is 2.22. The number of ether oxygens (including phenoxy) is 1. The summed E-state index contributed by atoms with van der Waals surface area (Å²) >= 11 is 0. The molecular formula is C11H14O5. The molecule has 0 saturated heterocycles. The molecule has 0 bridgehead atoms. The second-order valence-corrected chi connectivity index (χ2v) is 3.69. The molecule has 3 N–H and O–H groups in total. The molecule has 1 aromatic rings. The van der Waals surface area contributed by atoms with Gasteiger partial charge in [0.2, 0.25) is 5.75 Å². The summed E-state index contributed by atoms with van der Waals surface area (Å²) in [4.78, 5) is 11.3. The van der Waals surface area contributed by atoms with Crippen LogP contribution in [0.25, 0.3) is 0 Å². The molecule has 0 aromatic heterocycles. The van der Waals surface area contributed by atoms with Crippen molar-refractivity contribution in [3.8, 4) is 23.0 Å². The van der Waals surface area contributed by atoms with Gasteiger partial charge in [-0.25, -0.2) is 0 Å². The molecular weight excluding hydrogens is 212 g/mol. The van der Waals surface area contributed by atoms with Crippen molar-refractivity contribution < 1.29 is 24.9 Å². The van der Waals surface area contributed by atoms with Gasteiger partial charge in [0.1, 0.15) is 11.3 Å². The molecule has 0 saturated carbocycles. The van der Waals surface area contributed by atoms with Gasteiger partial charge in [0.25, 0.3) is 0 Å². The number of Topliss-reactive ketones (excluding diaryl/α,β-unsaturated/α-hetero) is 1. The molecule has 0 unspecified atom stereocenters. The van der Waals surface area contributed by atoms with Gasteiger partial charge in [-0.2, -0.15) is 0 Å². The van der Waals surface area contributed by atoms with Crippen molar-refractivity contribution >= 4 is 5.78 Å². The largest absolute Gasteiger partial charge is 0.507 e. The van der Waals surface area contributed by atoms with E-state index in [1.54, 1.807) is 13.8 Å². The quantitative estimate of drug-likeness (QED) is 0.415. The van der Waals surface area contributed by atoms with Crippen LogP contribution in [0.4, 0.5) is 0 Å². The minimum absolute atomic E-state index is 0.135. The molecule has 0 aliphatic carbocycles. The molecule has 0 aliphatic rings. The zero-order valence-corrected chi connectivity index (χ0v) is 9.31. The van der Waals surface area contributed by atoms with E-state index in [-0.39, 0.29) is 17.4 Å². The first-order chi connectivity index (χ1) is 7.34. The molecule has 0 atom stereocenters. The molecule has 0 amide bonds. The first-order valence-electron chi connectivity index (χ1n) is 4.80. The monoisotopic (exact) mass is 226 g/mol. The lowest BCUT2D eigenvalue weighted by Crippen LogP contribution is -2.09. The van der Waals surface area contributed by atoms with Crippen LogP contribution in [-0.4, -0.2) is 27.2 Å². The van der Waals surface area contributed by atoms with Gasteiger partial charge in [-0.15, -0.1) is 0 Å². The fourth-order valence-corrected chi connectivity index (χ4v) is 1.31. The van der Waals surface area contributed by atoms with Crippen LogP contribution in [0.15, 0.2) is 6.07 Å². The van der Waals surface area contributed by atoms with Crippen LogP contribution in [0, 0.1) is 0 Å². The van der Waals surface area contributed by atoms with Gasteiger partial charge in [-0.05, 0) is 20.8 Å². The Morgan fingerprint density at radius 2 is 1.81 bits per heavy atom. The van der Waals surface area contributed by atoms with Crippen molar-refractivity contribution in [2.45, 2.75) is 26.9 Å². The van der Waals surface area contributed by atoms with E-state index in [1.807, 2.05) is 0 Å². The number of carbonyl (C=O) groups excluding carboxylic acids is 1. The lowest BCUT2D eigenvalue weighted by Gasteiger charge is -2.16. The minimum atomic E-state index is -0.545. The molecule has 0 spiro atoms. The number of ketones is 1. The number of hydrogen-bond donors (Lipinski definition) is 3. The van der Waals surface area contributed by atoms with Gasteiger partial charge >= 0.3 is 0 Å².